The highest BCUT2D eigenvalue weighted by Gasteiger charge is 2.37. The zero-order valence-electron chi connectivity index (χ0n) is 11.5. The van der Waals surface area contributed by atoms with Crippen molar-refractivity contribution in [1.82, 2.24) is 24.5 Å². The molecule has 0 saturated heterocycles. The van der Waals surface area contributed by atoms with Gasteiger partial charge in [-0.2, -0.15) is 18.3 Å². The van der Waals surface area contributed by atoms with E-state index in [-0.39, 0.29) is 5.82 Å². The number of nitrogens with zero attached hydrogens (tertiary/aromatic N) is 5. The van der Waals surface area contributed by atoms with E-state index in [1.807, 2.05) is 0 Å². The van der Waals surface area contributed by atoms with E-state index in [0.29, 0.717) is 11.5 Å². The molecule has 110 valence electrons. The smallest absolute Gasteiger partial charge is 0.272 e. The molecular weight excluding hydrogens is 271 g/mol. The second-order valence-electron chi connectivity index (χ2n) is 5.05. The minimum atomic E-state index is -4.54. The number of aromatic nitrogens is 5. The van der Waals surface area contributed by atoms with E-state index in [4.69, 9.17) is 0 Å². The first kappa shape index (κ1) is 14.5. The van der Waals surface area contributed by atoms with Crippen LogP contribution in [0.1, 0.15) is 26.1 Å². The van der Waals surface area contributed by atoms with Crippen LogP contribution in [0.5, 0.6) is 0 Å². The summed E-state index contributed by atoms with van der Waals surface area (Å²) in [6.07, 6.45) is -0.394. The van der Waals surface area contributed by atoms with Gasteiger partial charge in [0, 0.05) is 19.8 Å². The van der Waals surface area contributed by atoms with Crippen LogP contribution in [0.2, 0.25) is 0 Å². The number of rotatable bonds is 4. The third-order valence-electron chi connectivity index (χ3n) is 2.84. The first-order chi connectivity index (χ1) is 9.27. The molecule has 0 amide bonds. The Hall–Kier alpha value is -1.86. The molecule has 5 nitrogen and oxygen atoms in total. The summed E-state index contributed by atoms with van der Waals surface area (Å²) in [5, 5.41) is 7.52. The maximum Gasteiger partial charge on any atom is 0.453 e. The van der Waals surface area contributed by atoms with Gasteiger partial charge in [0.2, 0.25) is 0 Å². The molecule has 2 heterocycles. The van der Waals surface area contributed by atoms with Crippen molar-refractivity contribution in [3.8, 4) is 11.4 Å². The summed E-state index contributed by atoms with van der Waals surface area (Å²) < 4.78 is 40.5. The van der Waals surface area contributed by atoms with Crippen molar-refractivity contribution >= 4 is 0 Å². The van der Waals surface area contributed by atoms with Gasteiger partial charge < -0.3 is 0 Å². The van der Waals surface area contributed by atoms with E-state index in [9.17, 15) is 13.2 Å². The zero-order chi connectivity index (χ0) is 14.9. The molecule has 0 saturated carbocycles. The van der Waals surface area contributed by atoms with Crippen LogP contribution in [0, 0.1) is 5.92 Å². The molecule has 0 aromatic carbocycles. The third-order valence-corrected chi connectivity index (χ3v) is 2.84. The number of alkyl halides is 3. The topological polar surface area (TPSA) is 48.5 Å². The lowest BCUT2D eigenvalue weighted by Gasteiger charge is -2.03. The number of aryl methyl sites for hydroxylation is 2. The first-order valence-corrected chi connectivity index (χ1v) is 6.28. The van der Waals surface area contributed by atoms with Gasteiger partial charge in [-0.3, -0.25) is 4.68 Å². The van der Waals surface area contributed by atoms with Gasteiger partial charge in [0.25, 0.3) is 5.82 Å². The molecule has 0 unspecified atom stereocenters. The number of hydrogen-bond donors (Lipinski definition) is 0. The standard InChI is InChI=1S/C12H16F3N5/c1-8(2)4-5-20-7-9(6-16-20)10-17-11(12(13,14)15)18-19(10)3/h6-8H,4-5H2,1-3H3. The Morgan fingerprint density at radius 3 is 2.55 bits per heavy atom. The molecule has 0 aliphatic heterocycles. The molecule has 0 radical (unpaired) electrons. The van der Waals surface area contributed by atoms with E-state index in [1.165, 1.54) is 13.2 Å². The fourth-order valence-electron chi connectivity index (χ4n) is 1.75. The Morgan fingerprint density at radius 1 is 1.30 bits per heavy atom. The second-order valence-corrected chi connectivity index (χ2v) is 5.05. The predicted molar refractivity (Wildman–Crippen MR) is 66.7 cm³/mol. The summed E-state index contributed by atoms with van der Waals surface area (Å²) in [4.78, 5) is 3.53. The van der Waals surface area contributed by atoms with Gasteiger partial charge in [-0.15, -0.1) is 5.10 Å². The fourth-order valence-corrected chi connectivity index (χ4v) is 1.75. The van der Waals surface area contributed by atoms with Crippen LogP contribution in [0.25, 0.3) is 11.4 Å². The fraction of sp³-hybridized carbons (Fsp3) is 0.583. The molecule has 0 bridgehead atoms. The molecule has 20 heavy (non-hydrogen) atoms. The largest absolute Gasteiger partial charge is 0.453 e. The van der Waals surface area contributed by atoms with Crippen molar-refractivity contribution in [3.63, 3.8) is 0 Å². The molecule has 2 aromatic heterocycles. The van der Waals surface area contributed by atoms with Gasteiger partial charge in [-0.25, -0.2) is 9.67 Å². The highest BCUT2D eigenvalue weighted by Crippen LogP contribution is 2.28. The average Bonchev–Trinajstić information content (AvgIpc) is 2.91. The maximum atomic E-state index is 12.6. The summed E-state index contributed by atoms with van der Waals surface area (Å²) in [6.45, 7) is 4.92. The Labute approximate surface area is 114 Å². The summed E-state index contributed by atoms with van der Waals surface area (Å²) in [6, 6.07) is 0. The van der Waals surface area contributed by atoms with Crippen LogP contribution in [0.4, 0.5) is 13.2 Å². The van der Waals surface area contributed by atoms with Crippen molar-refractivity contribution in [3.05, 3.63) is 18.2 Å². The molecule has 8 heteroatoms. The Kier molecular flexibility index (Phi) is 3.82. The van der Waals surface area contributed by atoms with Crippen molar-refractivity contribution in [2.75, 3.05) is 0 Å². The van der Waals surface area contributed by atoms with Gasteiger partial charge >= 0.3 is 6.18 Å². The van der Waals surface area contributed by atoms with Gasteiger partial charge in [0.05, 0.1) is 11.8 Å². The molecule has 0 atom stereocenters. The normalized spacial score (nSPS) is 12.3. The van der Waals surface area contributed by atoms with Crippen LogP contribution in [0.3, 0.4) is 0 Å². The van der Waals surface area contributed by atoms with Crippen LogP contribution >= 0.6 is 0 Å². The van der Waals surface area contributed by atoms with Crippen LogP contribution in [-0.4, -0.2) is 24.5 Å². The maximum absolute atomic E-state index is 12.6. The Morgan fingerprint density at radius 2 is 2.00 bits per heavy atom. The van der Waals surface area contributed by atoms with Gasteiger partial charge in [0.1, 0.15) is 0 Å². The van der Waals surface area contributed by atoms with Crippen LogP contribution in [0.15, 0.2) is 12.4 Å². The second kappa shape index (κ2) is 5.26. The van der Waals surface area contributed by atoms with Gasteiger partial charge in [0.15, 0.2) is 5.82 Å². The van der Waals surface area contributed by atoms with Crippen molar-refractivity contribution in [1.29, 1.82) is 0 Å². The van der Waals surface area contributed by atoms with Crippen LogP contribution in [-0.2, 0) is 19.8 Å². The molecule has 2 aromatic rings. The summed E-state index contributed by atoms with van der Waals surface area (Å²) in [7, 11) is 1.43. The molecule has 0 aliphatic rings. The molecule has 2 rings (SSSR count). The molecule has 0 N–H and O–H groups in total. The van der Waals surface area contributed by atoms with Crippen molar-refractivity contribution in [2.24, 2.45) is 13.0 Å². The third kappa shape index (κ3) is 3.17. The van der Waals surface area contributed by atoms with Crippen molar-refractivity contribution in [2.45, 2.75) is 33.0 Å². The molecule has 0 aliphatic carbocycles. The first-order valence-electron chi connectivity index (χ1n) is 6.28. The number of halogens is 3. The Balaban J connectivity index is 2.22. The predicted octanol–water partition coefficient (Wildman–Crippen LogP) is 2.74. The van der Waals surface area contributed by atoms with E-state index in [1.54, 1.807) is 10.9 Å². The molecular formula is C12H16F3N5. The van der Waals surface area contributed by atoms with E-state index >= 15 is 0 Å². The lowest BCUT2D eigenvalue weighted by atomic mass is 10.1. The van der Waals surface area contributed by atoms with Crippen LogP contribution < -0.4 is 0 Å². The summed E-state index contributed by atoms with van der Waals surface area (Å²) in [5.41, 5.74) is 0.527. The summed E-state index contributed by atoms with van der Waals surface area (Å²) >= 11 is 0. The average molecular weight is 287 g/mol. The summed E-state index contributed by atoms with van der Waals surface area (Å²) in [5.74, 6) is -0.438. The zero-order valence-corrected chi connectivity index (χ0v) is 11.5. The monoisotopic (exact) mass is 287 g/mol. The van der Waals surface area contributed by atoms with E-state index < -0.39 is 12.0 Å². The Bertz CT molecular complexity index is 582. The lowest BCUT2D eigenvalue weighted by molar-refractivity contribution is -0.144. The minimum absolute atomic E-state index is 0.160. The van der Waals surface area contributed by atoms with Gasteiger partial charge in [-0.1, -0.05) is 13.8 Å². The molecule has 0 spiro atoms. The van der Waals surface area contributed by atoms with E-state index in [2.05, 4.69) is 29.0 Å². The lowest BCUT2D eigenvalue weighted by Crippen LogP contribution is -2.08. The minimum Gasteiger partial charge on any atom is -0.272 e. The molecule has 0 fully saturated rings. The quantitative estimate of drug-likeness (QED) is 0.868. The van der Waals surface area contributed by atoms with E-state index in [0.717, 1.165) is 17.6 Å². The van der Waals surface area contributed by atoms with Gasteiger partial charge in [-0.05, 0) is 12.3 Å². The SMILES string of the molecule is CC(C)CCn1cc(-c2nc(C(F)(F)F)nn2C)cn1. The highest BCUT2D eigenvalue weighted by molar-refractivity contribution is 5.52. The van der Waals surface area contributed by atoms with Crippen molar-refractivity contribution < 1.29 is 13.2 Å². The number of hydrogen-bond acceptors (Lipinski definition) is 3. The highest BCUT2D eigenvalue weighted by atomic mass is 19.4.